The number of hydrogen-bond donors (Lipinski definition) is 0. The highest BCUT2D eigenvalue weighted by atomic mass is 79.9. The molecule has 0 N–H and O–H groups in total. The molecule has 0 amide bonds. The van der Waals surface area contributed by atoms with Crippen LogP contribution in [-0.4, -0.2) is 9.55 Å². The van der Waals surface area contributed by atoms with Gasteiger partial charge in [0.15, 0.2) is 0 Å². The molecule has 3 nitrogen and oxygen atoms in total. The summed E-state index contributed by atoms with van der Waals surface area (Å²) in [5, 5.41) is 0.701. The summed E-state index contributed by atoms with van der Waals surface area (Å²) in [6.07, 6.45) is 1.65. The van der Waals surface area contributed by atoms with Gasteiger partial charge in [-0.2, -0.15) is 0 Å². The van der Waals surface area contributed by atoms with Gasteiger partial charge < -0.3 is 0 Å². The van der Waals surface area contributed by atoms with Crippen LogP contribution in [0, 0.1) is 6.92 Å². The van der Waals surface area contributed by atoms with Crippen molar-refractivity contribution in [3.63, 3.8) is 0 Å². The van der Waals surface area contributed by atoms with Crippen LogP contribution in [0.1, 0.15) is 10.4 Å². The lowest BCUT2D eigenvalue weighted by Gasteiger charge is -2.07. The number of benzene rings is 2. The van der Waals surface area contributed by atoms with Gasteiger partial charge >= 0.3 is 0 Å². The van der Waals surface area contributed by atoms with Crippen molar-refractivity contribution in [3.05, 3.63) is 84.6 Å². The molecule has 4 rings (SSSR count). The number of rotatable bonds is 3. The van der Waals surface area contributed by atoms with Crippen LogP contribution in [-0.2, 0) is 6.54 Å². The molecule has 130 valence electrons. The highest BCUT2D eigenvalue weighted by molar-refractivity contribution is 9.10. The lowest BCUT2D eigenvalue weighted by atomic mass is 10.0. The van der Waals surface area contributed by atoms with Crippen LogP contribution in [0.2, 0.25) is 0 Å². The number of fused-ring (bicyclic) bond motifs is 1. The fourth-order valence-electron chi connectivity index (χ4n) is 3.05. The zero-order chi connectivity index (χ0) is 18.3. The fourth-order valence-corrected chi connectivity index (χ4v) is 4.76. The van der Waals surface area contributed by atoms with E-state index in [1.165, 1.54) is 0 Å². The summed E-state index contributed by atoms with van der Waals surface area (Å²) in [5.74, 6) is 0. The number of aromatic nitrogens is 2. The number of halogens is 2. The quantitative estimate of drug-likeness (QED) is 0.353. The van der Waals surface area contributed by atoms with E-state index in [1.807, 2.05) is 55.5 Å². The summed E-state index contributed by atoms with van der Waals surface area (Å²) in [6, 6.07) is 16.0. The molecule has 0 radical (unpaired) electrons. The van der Waals surface area contributed by atoms with E-state index >= 15 is 0 Å². The Kier molecular flexibility index (Phi) is 4.82. The summed E-state index contributed by atoms with van der Waals surface area (Å²) >= 11 is 8.51. The molecule has 2 aromatic carbocycles. The maximum atomic E-state index is 13.2. The molecule has 0 bridgehead atoms. The second-order valence-corrected chi connectivity index (χ2v) is 9.06. The van der Waals surface area contributed by atoms with Crippen LogP contribution >= 0.6 is 43.2 Å². The third kappa shape index (κ3) is 3.29. The molecular weight excluding hydrogens is 476 g/mol. The van der Waals surface area contributed by atoms with Gasteiger partial charge in [0, 0.05) is 19.4 Å². The molecule has 0 aliphatic rings. The molecule has 2 heterocycles. The van der Waals surface area contributed by atoms with E-state index in [-0.39, 0.29) is 5.56 Å². The predicted octanol–water partition coefficient (Wildman–Crippen LogP) is 6.01. The number of hydrogen-bond acceptors (Lipinski definition) is 3. The van der Waals surface area contributed by atoms with Crippen molar-refractivity contribution in [2.75, 3.05) is 0 Å². The number of thiophene rings is 1. The standard InChI is InChI=1S/C20H14Br2N2OS/c1-12-17(14-5-7-15(21)8-6-14)18-19(26-12)23-11-24(20(18)25)10-13-3-2-4-16(22)9-13/h2-9,11H,10H2,1H3. The van der Waals surface area contributed by atoms with Crippen molar-refractivity contribution in [1.82, 2.24) is 9.55 Å². The summed E-state index contributed by atoms with van der Waals surface area (Å²) < 4.78 is 3.70. The molecular formula is C20H14Br2N2OS. The van der Waals surface area contributed by atoms with Gasteiger partial charge in [-0.25, -0.2) is 4.98 Å². The van der Waals surface area contributed by atoms with Crippen LogP contribution in [0.3, 0.4) is 0 Å². The van der Waals surface area contributed by atoms with E-state index < -0.39 is 0 Å². The molecule has 2 aromatic heterocycles. The van der Waals surface area contributed by atoms with Crippen molar-refractivity contribution < 1.29 is 0 Å². The average Bonchev–Trinajstić information content (AvgIpc) is 2.95. The Hall–Kier alpha value is -1.76. The van der Waals surface area contributed by atoms with E-state index in [0.29, 0.717) is 11.9 Å². The summed E-state index contributed by atoms with van der Waals surface area (Å²) in [5.41, 5.74) is 3.08. The second-order valence-electron chi connectivity index (χ2n) is 6.03. The first kappa shape index (κ1) is 17.6. The Labute approximate surface area is 171 Å². The SMILES string of the molecule is Cc1sc2ncn(Cc3cccc(Br)c3)c(=O)c2c1-c1ccc(Br)cc1. The van der Waals surface area contributed by atoms with Gasteiger partial charge in [0.05, 0.1) is 18.3 Å². The Balaban J connectivity index is 1.88. The van der Waals surface area contributed by atoms with Crippen molar-refractivity contribution in [1.29, 1.82) is 0 Å². The van der Waals surface area contributed by atoms with Gasteiger partial charge in [0.2, 0.25) is 0 Å². The molecule has 0 saturated heterocycles. The van der Waals surface area contributed by atoms with E-state index in [2.05, 4.69) is 36.8 Å². The van der Waals surface area contributed by atoms with Crippen molar-refractivity contribution in [2.24, 2.45) is 0 Å². The average molecular weight is 490 g/mol. The molecule has 6 heteroatoms. The van der Waals surface area contributed by atoms with Crippen LogP contribution in [0.25, 0.3) is 21.3 Å². The highest BCUT2D eigenvalue weighted by Crippen LogP contribution is 2.35. The van der Waals surface area contributed by atoms with E-state index in [0.717, 1.165) is 35.3 Å². The Morgan fingerprint density at radius 3 is 2.58 bits per heavy atom. The summed E-state index contributed by atoms with van der Waals surface area (Å²) in [4.78, 5) is 19.6. The number of nitrogens with zero attached hydrogens (tertiary/aromatic N) is 2. The monoisotopic (exact) mass is 488 g/mol. The van der Waals surface area contributed by atoms with E-state index in [1.54, 1.807) is 22.2 Å². The van der Waals surface area contributed by atoms with Crippen LogP contribution in [0.5, 0.6) is 0 Å². The van der Waals surface area contributed by atoms with Gasteiger partial charge in [-0.05, 0) is 42.3 Å². The predicted molar refractivity (Wildman–Crippen MR) is 115 cm³/mol. The zero-order valence-electron chi connectivity index (χ0n) is 13.9. The molecule has 0 atom stereocenters. The summed E-state index contributed by atoms with van der Waals surface area (Å²) in [6.45, 7) is 2.54. The molecule has 0 saturated carbocycles. The minimum atomic E-state index is -0.00255. The van der Waals surface area contributed by atoms with E-state index in [9.17, 15) is 4.79 Å². The highest BCUT2D eigenvalue weighted by Gasteiger charge is 2.17. The topological polar surface area (TPSA) is 34.9 Å². The minimum Gasteiger partial charge on any atom is -0.294 e. The molecule has 4 aromatic rings. The third-order valence-electron chi connectivity index (χ3n) is 4.23. The number of aryl methyl sites for hydroxylation is 1. The normalized spacial score (nSPS) is 11.2. The summed E-state index contributed by atoms with van der Waals surface area (Å²) in [7, 11) is 0. The second kappa shape index (κ2) is 7.10. The van der Waals surface area contributed by atoms with Gasteiger partial charge in [-0.15, -0.1) is 11.3 Å². The Morgan fingerprint density at radius 2 is 1.85 bits per heavy atom. The lowest BCUT2D eigenvalue weighted by molar-refractivity contribution is 0.749. The van der Waals surface area contributed by atoms with Crippen molar-refractivity contribution in [3.8, 4) is 11.1 Å². The van der Waals surface area contributed by atoms with Crippen molar-refractivity contribution in [2.45, 2.75) is 13.5 Å². The molecule has 0 spiro atoms. The lowest BCUT2D eigenvalue weighted by Crippen LogP contribution is -2.21. The first-order valence-electron chi connectivity index (χ1n) is 8.02. The Morgan fingerprint density at radius 1 is 1.08 bits per heavy atom. The van der Waals surface area contributed by atoms with Gasteiger partial charge in [-0.3, -0.25) is 9.36 Å². The maximum absolute atomic E-state index is 13.2. The molecule has 0 aliphatic carbocycles. The molecule has 0 aliphatic heterocycles. The largest absolute Gasteiger partial charge is 0.294 e. The first-order valence-corrected chi connectivity index (χ1v) is 10.4. The molecule has 26 heavy (non-hydrogen) atoms. The van der Waals surface area contributed by atoms with Crippen LogP contribution in [0.4, 0.5) is 0 Å². The van der Waals surface area contributed by atoms with Gasteiger partial charge in [0.1, 0.15) is 4.83 Å². The minimum absolute atomic E-state index is 0.00255. The first-order chi connectivity index (χ1) is 12.5. The smallest absolute Gasteiger partial charge is 0.263 e. The fraction of sp³-hybridized carbons (Fsp3) is 0.100. The maximum Gasteiger partial charge on any atom is 0.263 e. The van der Waals surface area contributed by atoms with Gasteiger partial charge in [0.25, 0.3) is 5.56 Å². The van der Waals surface area contributed by atoms with Gasteiger partial charge in [-0.1, -0.05) is 56.1 Å². The van der Waals surface area contributed by atoms with Crippen molar-refractivity contribution >= 4 is 53.4 Å². The molecule has 0 unspecified atom stereocenters. The zero-order valence-corrected chi connectivity index (χ0v) is 17.9. The van der Waals surface area contributed by atoms with Crippen LogP contribution in [0.15, 0.2) is 68.6 Å². The van der Waals surface area contributed by atoms with Crippen LogP contribution < -0.4 is 5.56 Å². The Bertz CT molecular complexity index is 1160. The van der Waals surface area contributed by atoms with E-state index in [4.69, 9.17) is 0 Å². The molecule has 0 fully saturated rings. The third-order valence-corrected chi connectivity index (χ3v) is 6.26.